The third-order valence-corrected chi connectivity index (χ3v) is 4.55. The smallest absolute Gasteiger partial charge is 0.124 e. The predicted molar refractivity (Wildman–Crippen MR) is 83.7 cm³/mol. The lowest BCUT2D eigenvalue weighted by atomic mass is 9.93. The molecule has 4 nitrogen and oxygen atoms in total. The second kappa shape index (κ2) is 6.34. The third-order valence-electron chi connectivity index (χ3n) is 4.55. The fraction of sp³-hybridized carbons (Fsp3) is 0.647. The van der Waals surface area contributed by atoms with Gasteiger partial charge in [-0.25, -0.2) is 0 Å². The molecule has 0 spiro atoms. The molecule has 1 aromatic rings. The first kappa shape index (κ1) is 14.8. The standard InChI is InChI=1S/C17H26N2O2/c1-4-18-17-14-7-5-6-8-16(14)21-11-15(17)19-9-13(3)20-10-12(19)2/h5-8,12-13,15,17-18H,4,9-11H2,1-3H3. The number of rotatable bonds is 3. The molecule has 0 amide bonds. The molecule has 2 aliphatic rings. The van der Waals surface area contributed by atoms with Gasteiger partial charge in [-0.05, 0) is 26.5 Å². The average molecular weight is 290 g/mol. The van der Waals surface area contributed by atoms with Crippen molar-refractivity contribution in [3.05, 3.63) is 29.8 Å². The van der Waals surface area contributed by atoms with Gasteiger partial charge in [0.2, 0.25) is 0 Å². The van der Waals surface area contributed by atoms with Crippen molar-refractivity contribution in [2.45, 2.75) is 45.0 Å². The van der Waals surface area contributed by atoms with E-state index in [9.17, 15) is 0 Å². The van der Waals surface area contributed by atoms with Crippen molar-refractivity contribution < 1.29 is 9.47 Å². The number of fused-ring (bicyclic) bond motifs is 1. The zero-order valence-corrected chi connectivity index (χ0v) is 13.2. The van der Waals surface area contributed by atoms with Crippen LogP contribution in [0.15, 0.2) is 24.3 Å². The normalized spacial score (nSPS) is 33.3. The Morgan fingerprint density at radius 2 is 2.05 bits per heavy atom. The first-order valence-corrected chi connectivity index (χ1v) is 8.03. The van der Waals surface area contributed by atoms with Crippen molar-refractivity contribution in [2.24, 2.45) is 0 Å². The lowest BCUT2D eigenvalue weighted by Crippen LogP contribution is -2.58. The second-order valence-electron chi connectivity index (χ2n) is 6.14. The van der Waals surface area contributed by atoms with Crippen LogP contribution in [0.5, 0.6) is 5.75 Å². The van der Waals surface area contributed by atoms with Crippen molar-refractivity contribution in [2.75, 3.05) is 26.3 Å². The van der Waals surface area contributed by atoms with Gasteiger partial charge >= 0.3 is 0 Å². The van der Waals surface area contributed by atoms with E-state index in [1.807, 2.05) is 6.07 Å². The van der Waals surface area contributed by atoms with E-state index in [0.29, 0.717) is 24.2 Å². The van der Waals surface area contributed by atoms with E-state index in [1.165, 1.54) is 5.56 Å². The molecule has 2 heterocycles. The lowest BCUT2D eigenvalue weighted by Gasteiger charge is -2.46. The highest BCUT2D eigenvalue weighted by molar-refractivity contribution is 5.39. The van der Waals surface area contributed by atoms with Crippen LogP contribution in [0.1, 0.15) is 32.4 Å². The van der Waals surface area contributed by atoms with E-state index in [-0.39, 0.29) is 0 Å². The second-order valence-corrected chi connectivity index (χ2v) is 6.14. The summed E-state index contributed by atoms with van der Waals surface area (Å²) >= 11 is 0. The van der Waals surface area contributed by atoms with Crippen LogP contribution >= 0.6 is 0 Å². The third kappa shape index (κ3) is 2.93. The van der Waals surface area contributed by atoms with Crippen molar-refractivity contribution in [1.82, 2.24) is 10.2 Å². The predicted octanol–water partition coefficient (Wildman–Crippen LogP) is 2.21. The van der Waals surface area contributed by atoms with Gasteiger partial charge in [0.25, 0.3) is 0 Å². The highest BCUT2D eigenvalue weighted by Gasteiger charge is 2.38. The van der Waals surface area contributed by atoms with Crippen molar-refractivity contribution >= 4 is 0 Å². The number of morpholine rings is 1. The summed E-state index contributed by atoms with van der Waals surface area (Å²) in [6, 6.07) is 9.52. The summed E-state index contributed by atoms with van der Waals surface area (Å²) in [5, 5.41) is 3.66. The molecule has 1 fully saturated rings. The molecule has 4 unspecified atom stereocenters. The first-order valence-electron chi connectivity index (χ1n) is 8.03. The minimum Gasteiger partial charge on any atom is -0.492 e. The monoisotopic (exact) mass is 290 g/mol. The number of hydrogen-bond acceptors (Lipinski definition) is 4. The summed E-state index contributed by atoms with van der Waals surface area (Å²) in [5.74, 6) is 1.02. The van der Waals surface area contributed by atoms with Crippen molar-refractivity contribution in [1.29, 1.82) is 0 Å². The van der Waals surface area contributed by atoms with E-state index in [2.05, 4.69) is 49.2 Å². The summed E-state index contributed by atoms with van der Waals surface area (Å²) in [7, 11) is 0. The number of para-hydroxylation sites is 1. The Bertz CT molecular complexity index is 480. The maximum Gasteiger partial charge on any atom is 0.124 e. The Kier molecular flexibility index (Phi) is 4.48. The van der Waals surface area contributed by atoms with Crippen LogP contribution < -0.4 is 10.1 Å². The fourth-order valence-corrected chi connectivity index (χ4v) is 3.49. The van der Waals surface area contributed by atoms with Crippen LogP contribution in [0.4, 0.5) is 0 Å². The highest BCUT2D eigenvalue weighted by Crippen LogP contribution is 2.35. The molecule has 4 atom stereocenters. The van der Waals surface area contributed by atoms with Gasteiger partial charge < -0.3 is 14.8 Å². The lowest BCUT2D eigenvalue weighted by molar-refractivity contribution is -0.0809. The number of benzene rings is 1. The van der Waals surface area contributed by atoms with Crippen molar-refractivity contribution in [3.8, 4) is 5.75 Å². The molecule has 0 aromatic heterocycles. The molecule has 1 saturated heterocycles. The minimum atomic E-state index is 0.292. The van der Waals surface area contributed by atoms with Gasteiger partial charge in [0.15, 0.2) is 0 Å². The van der Waals surface area contributed by atoms with E-state index in [4.69, 9.17) is 9.47 Å². The van der Waals surface area contributed by atoms with Crippen LogP contribution in [0, 0.1) is 0 Å². The molecule has 0 saturated carbocycles. The number of likely N-dealkylation sites (N-methyl/N-ethyl adjacent to an activating group) is 1. The topological polar surface area (TPSA) is 33.7 Å². The van der Waals surface area contributed by atoms with Crippen molar-refractivity contribution in [3.63, 3.8) is 0 Å². The summed E-state index contributed by atoms with van der Waals surface area (Å²) in [5.41, 5.74) is 1.28. The molecule has 3 rings (SSSR count). The Labute approximate surface area is 127 Å². The molecule has 2 aliphatic heterocycles. The first-order chi connectivity index (χ1) is 10.2. The van der Waals surface area contributed by atoms with Gasteiger partial charge in [0, 0.05) is 18.2 Å². The van der Waals surface area contributed by atoms with Gasteiger partial charge in [0.1, 0.15) is 12.4 Å². The van der Waals surface area contributed by atoms with E-state index >= 15 is 0 Å². The Morgan fingerprint density at radius 3 is 2.86 bits per heavy atom. The summed E-state index contributed by atoms with van der Waals surface area (Å²) in [4.78, 5) is 2.55. The van der Waals surface area contributed by atoms with Crippen LogP contribution in [0.2, 0.25) is 0 Å². The average Bonchev–Trinajstić information content (AvgIpc) is 2.50. The maximum atomic E-state index is 6.03. The molecular weight excluding hydrogens is 264 g/mol. The molecule has 1 N–H and O–H groups in total. The molecule has 1 aromatic carbocycles. The minimum absolute atomic E-state index is 0.292. The fourth-order valence-electron chi connectivity index (χ4n) is 3.49. The van der Waals surface area contributed by atoms with Gasteiger partial charge in [-0.15, -0.1) is 0 Å². The van der Waals surface area contributed by atoms with E-state index in [0.717, 1.165) is 32.1 Å². The molecule has 0 bridgehead atoms. The summed E-state index contributed by atoms with van der Waals surface area (Å²) in [6.45, 7) is 10.0. The zero-order chi connectivity index (χ0) is 14.8. The van der Waals surface area contributed by atoms with E-state index < -0.39 is 0 Å². The van der Waals surface area contributed by atoms with Crippen LogP contribution in [0.3, 0.4) is 0 Å². The van der Waals surface area contributed by atoms with Gasteiger partial charge in [-0.1, -0.05) is 25.1 Å². The van der Waals surface area contributed by atoms with Crippen LogP contribution in [0.25, 0.3) is 0 Å². The molecule has 21 heavy (non-hydrogen) atoms. The van der Waals surface area contributed by atoms with Crippen LogP contribution in [-0.4, -0.2) is 49.4 Å². The number of hydrogen-bond donors (Lipinski definition) is 1. The Morgan fingerprint density at radius 1 is 1.24 bits per heavy atom. The van der Waals surface area contributed by atoms with Crippen LogP contribution in [-0.2, 0) is 4.74 Å². The number of nitrogens with one attached hydrogen (secondary N) is 1. The molecule has 4 heteroatoms. The maximum absolute atomic E-state index is 6.03. The molecule has 116 valence electrons. The summed E-state index contributed by atoms with van der Waals surface area (Å²) < 4.78 is 11.8. The Balaban J connectivity index is 1.87. The summed E-state index contributed by atoms with van der Waals surface area (Å²) in [6.07, 6.45) is 0.292. The van der Waals surface area contributed by atoms with E-state index in [1.54, 1.807) is 0 Å². The molecule has 0 radical (unpaired) electrons. The van der Waals surface area contributed by atoms with Gasteiger partial charge in [-0.3, -0.25) is 4.90 Å². The van der Waals surface area contributed by atoms with Gasteiger partial charge in [0.05, 0.1) is 24.8 Å². The number of nitrogens with zero attached hydrogens (tertiary/aromatic N) is 1. The molecule has 0 aliphatic carbocycles. The molecular formula is C17H26N2O2. The quantitative estimate of drug-likeness (QED) is 0.925. The zero-order valence-electron chi connectivity index (χ0n) is 13.2. The SMILES string of the molecule is CCNC1c2ccccc2OCC1N1CC(C)OCC1C. The highest BCUT2D eigenvalue weighted by atomic mass is 16.5. The Hall–Kier alpha value is -1.10. The van der Waals surface area contributed by atoms with Gasteiger partial charge in [-0.2, -0.15) is 0 Å². The largest absolute Gasteiger partial charge is 0.492 e. The number of ether oxygens (including phenoxy) is 2.